The van der Waals surface area contributed by atoms with Gasteiger partial charge in [-0.25, -0.2) is 9.48 Å². The molecule has 1 unspecified atom stereocenters. The number of benzene rings is 1. The van der Waals surface area contributed by atoms with Gasteiger partial charge in [0.25, 0.3) is 0 Å². The molecule has 2 N–H and O–H groups in total. The number of aryl methyl sites for hydroxylation is 1. The Morgan fingerprint density at radius 2 is 1.96 bits per heavy atom. The first-order chi connectivity index (χ1) is 11.4. The number of anilines is 1. The summed E-state index contributed by atoms with van der Waals surface area (Å²) >= 11 is 0. The molecule has 1 heterocycles. The molecule has 6 nitrogen and oxygen atoms in total. The van der Waals surface area contributed by atoms with Gasteiger partial charge in [0.1, 0.15) is 5.82 Å². The molecule has 2 rings (SSSR count). The van der Waals surface area contributed by atoms with Gasteiger partial charge in [-0.15, -0.1) is 0 Å². The molecule has 0 saturated heterocycles. The van der Waals surface area contributed by atoms with Gasteiger partial charge in [-0.1, -0.05) is 30.3 Å². The Kier molecular flexibility index (Phi) is 5.98. The van der Waals surface area contributed by atoms with Crippen LogP contribution in [0.3, 0.4) is 0 Å². The van der Waals surface area contributed by atoms with E-state index in [9.17, 15) is 9.90 Å². The highest BCUT2D eigenvalue weighted by Gasteiger charge is 2.20. The molecule has 130 valence electrons. The monoisotopic (exact) mass is 330 g/mol. The van der Waals surface area contributed by atoms with Crippen LogP contribution in [0.25, 0.3) is 0 Å². The molecule has 0 saturated carbocycles. The fourth-order valence-electron chi connectivity index (χ4n) is 2.52. The van der Waals surface area contributed by atoms with Crippen LogP contribution in [0.5, 0.6) is 0 Å². The van der Waals surface area contributed by atoms with Crippen molar-refractivity contribution in [2.24, 2.45) is 0 Å². The highest BCUT2D eigenvalue weighted by Crippen LogP contribution is 2.14. The second kappa shape index (κ2) is 7.97. The number of aliphatic hydroxyl groups is 1. The number of nitrogens with one attached hydrogen (secondary N) is 1. The number of carbonyl (C=O) groups excluding carboxylic acids is 1. The second-order valence-corrected chi connectivity index (χ2v) is 6.34. The van der Waals surface area contributed by atoms with Crippen LogP contribution in [0, 0.1) is 6.92 Å². The van der Waals surface area contributed by atoms with Crippen LogP contribution in [0.4, 0.5) is 10.6 Å². The van der Waals surface area contributed by atoms with Crippen molar-refractivity contribution in [3.05, 3.63) is 47.7 Å². The number of urea groups is 1. The van der Waals surface area contributed by atoms with Gasteiger partial charge in [-0.05, 0) is 33.3 Å². The molecule has 0 bridgehead atoms. The third-order valence-corrected chi connectivity index (χ3v) is 3.66. The molecule has 0 fully saturated rings. The Bertz CT molecular complexity index is 665. The summed E-state index contributed by atoms with van der Waals surface area (Å²) < 4.78 is 1.78. The molecular formula is C18H26N4O2. The van der Waals surface area contributed by atoms with Crippen LogP contribution in [0.1, 0.15) is 32.0 Å². The SMILES string of the molecule is Cc1cc(NC(=O)N(CC(C)O)C(C)C)n(Cc2ccccc2)n1. The van der Waals surface area contributed by atoms with Gasteiger partial charge in [-0.2, -0.15) is 5.10 Å². The Labute approximate surface area is 143 Å². The lowest BCUT2D eigenvalue weighted by Gasteiger charge is -2.28. The average Bonchev–Trinajstić information content (AvgIpc) is 2.84. The lowest BCUT2D eigenvalue weighted by Crippen LogP contribution is -2.44. The van der Waals surface area contributed by atoms with Gasteiger partial charge in [0.2, 0.25) is 0 Å². The summed E-state index contributed by atoms with van der Waals surface area (Å²) in [5, 5.41) is 17.0. The van der Waals surface area contributed by atoms with Gasteiger partial charge < -0.3 is 10.0 Å². The van der Waals surface area contributed by atoms with Crippen LogP contribution in [0.2, 0.25) is 0 Å². The fraction of sp³-hybridized carbons (Fsp3) is 0.444. The van der Waals surface area contributed by atoms with E-state index >= 15 is 0 Å². The van der Waals surface area contributed by atoms with Crippen LogP contribution in [0.15, 0.2) is 36.4 Å². The third kappa shape index (κ3) is 4.83. The lowest BCUT2D eigenvalue weighted by atomic mass is 10.2. The molecule has 1 aromatic heterocycles. The first kappa shape index (κ1) is 18.0. The predicted octanol–water partition coefficient (Wildman–Crippen LogP) is 2.86. The lowest BCUT2D eigenvalue weighted by molar-refractivity contribution is 0.125. The van der Waals surface area contributed by atoms with Crippen LogP contribution >= 0.6 is 0 Å². The Hall–Kier alpha value is -2.34. The predicted molar refractivity (Wildman–Crippen MR) is 95.0 cm³/mol. The van der Waals surface area contributed by atoms with Gasteiger partial charge in [-0.3, -0.25) is 5.32 Å². The highest BCUT2D eigenvalue weighted by molar-refractivity contribution is 5.88. The Morgan fingerprint density at radius 3 is 2.54 bits per heavy atom. The number of carbonyl (C=O) groups is 1. The molecule has 1 atom stereocenters. The van der Waals surface area contributed by atoms with Crippen molar-refractivity contribution in [3.63, 3.8) is 0 Å². The van der Waals surface area contributed by atoms with Gasteiger partial charge >= 0.3 is 6.03 Å². The van der Waals surface area contributed by atoms with Gasteiger partial charge in [0.05, 0.1) is 18.3 Å². The Morgan fingerprint density at radius 1 is 1.29 bits per heavy atom. The maximum absolute atomic E-state index is 12.6. The molecule has 0 aliphatic carbocycles. The van der Waals surface area contributed by atoms with Crippen molar-refractivity contribution in [1.29, 1.82) is 0 Å². The van der Waals surface area contributed by atoms with Crippen molar-refractivity contribution < 1.29 is 9.90 Å². The van der Waals surface area contributed by atoms with Crippen molar-refractivity contribution in [1.82, 2.24) is 14.7 Å². The van der Waals surface area contributed by atoms with Gasteiger partial charge in [0.15, 0.2) is 0 Å². The van der Waals surface area contributed by atoms with Crippen LogP contribution < -0.4 is 5.32 Å². The molecule has 0 aliphatic rings. The van der Waals surface area contributed by atoms with Crippen molar-refractivity contribution >= 4 is 11.8 Å². The van der Waals surface area contributed by atoms with Gasteiger partial charge in [0, 0.05) is 18.7 Å². The number of amides is 2. The zero-order chi connectivity index (χ0) is 17.7. The van der Waals surface area contributed by atoms with Crippen LogP contribution in [-0.4, -0.2) is 44.5 Å². The van der Waals surface area contributed by atoms with E-state index in [4.69, 9.17) is 0 Å². The van der Waals surface area contributed by atoms with Crippen LogP contribution in [-0.2, 0) is 6.54 Å². The smallest absolute Gasteiger partial charge is 0.323 e. The highest BCUT2D eigenvalue weighted by atomic mass is 16.3. The second-order valence-electron chi connectivity index (χ2n) is 6.34. The maximum Gasteiger partial charge on any atom is 0.323 e. The zero-order valence-corrected chi connectivity index (χ0v) is 14.7. The van der Waals surface area contributed by atoms with E-state index in [1.165, 1.54) is 0 Å². The van der Waals surface area contributed by atoms with Crippen molar-refractivity contribution in [2.75, 3.05) is 11.9 Å². The number of rotatable bonds is 6. The largest absolute Gasteiger partial charge is 0.392 e. The summed E-state index contributed by atoms with van der Waals surface area (Å²) in [6.45, 7) is 8.29. The molecule has 6 heteroatoms. The fourth-order valence-corrected chi connectivity index (χ4v) is 2.52. The Balaban J connectivity index is 2.15. The summed E-state index contributed by atoms with van der Waals surface area (Å²) in [4.78, 5) is 14.2. The molecule has 0 radical (unpaired) electrons. The molecule has 24 heavy (non-hydrogen) atoms. The van der Waals surface area contributed by atoms with E-state index in [-0.39, 0.29) is 18.6 Å². The van der Waals surface area contributed by atoms with Crippen molar-refractivity contribution in [2.45, 2.75) is 46.4 Å². The molecule has 2 aromatic rings. The molecule has 1 aromatic carbocycles. The first-order valence-electron chi connectivity index (χ1n) is 8.21. The van der Waals surface area contributed by atoms with E-state index < -0.39 is 6.10 Å². The van der Waals surface area contributed by atoms with E-state index in [1.54, 1.807) is 16.5 Å². The number of aliphatic hydroxyl groups excluding tert-OH is 1. The van der Waals surface area contributed by atoms with E-state index in [0.717, 1.165) is 11.3 Å². The standard InChI is InChI=1S/C18H26N4O2/c1-13(2)21(11-15(4)23)18(24)19-17-10-14(3)20-22(17)12-16-8-6-5-7-9-16/h5-10,13,15,23H,11-12H2,1-4H3,(H,19,24). The minimum absolute atomic E-state index is 0.00816. The normalized spacial score (nSPS) is 12.2. The summed E-state index contributed by atoms with van der Waals surface area (Å²) in [6.07, 6.45) is -0.575. The third-order valence-electron chi connectivity index (χ3n) is 3.66. The van der Waals surface area contributed by atoms with E-state index in [2.05, 4.69) is 10.4 Å². The molecule has 0 spiro atoms. The van der Waals surface area contributed by atoms with E-state index in [0.29, 0.717) is 12.4 Å². The summed E-state index contributed by atoms with van der Waals surface area (Å²) in [6, 6.07) is 11.6. The summed E-state index contributed by atoms with van der Waals surface area (Å²) in [5.74, 6) is 0.651. The summed E-state index contributed by atoms with van der Waals surface area (Å²) in [5.41, 5.74) is 1.95. The molecular weight excluding hydrogens is 304 g/mol. The molecule has 0 aliphatic heterocycles. The van der Waals surface area contributed by atoms with Crippen molar-refractivity contribution in [3.8, 4) is 0 Å². The van der Waals surface area contributed by atoms with E-state index in [1.807, 2.05) is 57.2 Å². The molecule has 2 amide bonds. The minimum atomic E-state index is -0.575. The summed E-state index contributed by atoms with van der Waals surface area (Å²) in [7, 11) is 0. The number of hydrogen-bond donors (Lipinski definition) is 2. The number of aromatic nitrogens is 2. The first-order valence-corrected chi connectivity index (χ1v) is 8.21. The number of nitrogens with zero attached hydrogens (tertiary/aromatic N) is 3. The maximum atomic E-state index is 12.6. The topological polar surface area (TPSA) is 70.4 Å². The quantitative estimate of drug-likeness (QED) is 0.855. The number of hydrogen-bond acceptors (Lipinski definition) is 3. The minimum Gasteiger partial charge on any atom is -0.392 e. The average molecular weight is 330 g/mol. The zero-order valence-electron chi connectivity index (χ0n) is 14.7.